The van der Waals surface area contributed by atoms with Crippen LogP contribution >= 0.6 is 0 Å². The fourth-order valence-corrected chi connectivity index (χ4v) is 4.67. The van der Waals surface area contributed by atoms with Crippen LogP contribution in [0.1, 0.15) is 78.6 Å². The Bertz CT molecular complexity index is 242. The maximum Gasteiger partial charge on any atom is 0.0676 e. The molecule has 2 saturated carbocycles. The van der Waals surface area contributed by atoms with Crippen molar-refractivity contribution >= 4 is 0 Å². The summed E-state index contributed by atoms with van der Waals surface area (Å²) < 4.78 is 0. The molecule has 0 aromatic carbocycles. The third-order valence-electron chi connectivity index (χ3n) is 5.61. The minimum Gasteiger partial charge on any atom is -0.390 e. The molecule has 0 saturated heterocycles. The van der Waals surface area contributed by atoms with E-state index in [0.717, 1.165) is 30.6 Å². The quantitative estimate of drug-likeness (QED) is 0.766. The van der Waals surface area contributed by atoms with Crippen molar-refractivity contribution in [2.24, 2.45) is 23.7 Å². The van der Waals surface area contributed by atoms with Gasteiger partial charge in [0.15, 0.2) is 0 Å². The first-order valence-corrected chi connectivity index (χ1v) is 8.26. The molecule has 2 atom stereocenters. The van der Waals surface area contributed by atoms with Crippen LogP contribution in [0.25, 0.3) is 0 Å². The topological polar surface area (TPSA) is 20.2 Å². The van der Waals surface area contributed by atoms with E-state index in [0.29, 0.717) is 5.92 Å². The molecule has 0 radical (unpaired) electrons. The van der Waals surface area contributed by atoms with Crippen molar-refractivity contribution in [1.29, 1.82) is 0 Å². The largest absolute Gasteiger partial charge is 0.390 e. The molecule has 18 heavy (non-hydrogen) atoms. The fourth-order valence-electron chi connectivity index (χ4n) is 4.67. The van der Waals surface area contributed by atoms with Crippen LogP contribution in [0.15, 0.2) is 0 Å². The molecule has 2 unspecified atom stereocenters. The molecule has 0 heterocycles. The third-order valence-corrected chi connectivity index (χ3v) is 5.61. The highest BCUT2D eigenvalue weighted by Gasteiger charge is 2.42. The first-order chi connectivity index (χ1) is 8.53. The van der Waals surface area contributed by atoms with Crippen LogP contribution in [-0.4, -0.2) is 10.7 Å². The lowest BCUT2D eigenvalue weighted by Crippen LogP contribution is -2.44. The predicted octanol–water partition coefficient (Wildman–Crippen LogP) is 4.78. The van der Waals surface area contributed by atoms with Gasteiger partial charge < -0.3 is 5.11 Å². The minimum atomic E-state index is -0.312. The van der Waals surface area contributed by atoms with Crippen LogP contribution < -0.4 is 0 Å². The van der Waals surface area contributed by atoms with Gasteiger partial charge >= 0.3 is 0 Å². The van der Waals surface area contributed by atoms with Gasteiger partial charge in [0.1, 0.15) is 0 Å². The minimum absolute atomic E-state index is 0.312. The monoisotopic (exact) mass is 252 g/mol. The highest BCUT2D eigenvalue weighted by molar-refractivity contribution is 4.94. The number of rotatable bonds is 3. The van der Waals surface area contributed by atoms with E-state index in [9.17, 15) is 5.11 Å². The molecule has 1 heteroatoms. The first kappa shape index (κ1) is 14.4. The molecule has 0 amide bonds. The van der Waals surface area contributed by atoms with Gasteiger partial charge in [-0.2, -0.15) is 0 Å². The van der Waals surface area contributed by atoms with Crippen molar-refractivity contribution in [2.45, 2.75) is 84.2 Å². The Morgan fingerprint density at radius 2 is 1.56 bits per heavy atom. The Labute approximate surface area is 113 Å². The molecule has 2 fully saturated rings. The van der Waals surface area contributed by atoms with Gasteiger partial charge in [0.05, 0.1) is 5.60 Å². The van der Waals surface area contributed by atoms with E-state index in [4.69, 9.17) is 0 Å². The molecule has 2 rings (SSSR count). The van der Waals surface area contributed by atoms with E-state index >= 15 is 0 Å². The van der Waals surface area contributed by atoms with Crippen molar-refractivity contribution in [3.63, 3.8) is 0 Å². The van der Waals surface area contributed by atoms with E-state index in [-0.39, 0.29) is 5.60 Å². The van der Waals surface area contributed by atoms with Gasteiger partial charge in [-0.15, -0.1) is 0 Å². The summed E-state index contributed by atoms with van der Waals surface area (Å²) >= 11 is 0. The Balaban J connectivity index is 1.91. The number of hydrogen-bond donors (Lipinski definition) is 1. The Morgan fingerprint density at radius 3 is 2.06 bits per heavy atom. The Hall–Kier alpha value is -0.0400. The van der Waals surface area contributed by atoms with Crippen molar-refractivity contribution < 1.29 is 5.11 Å². The molecule has 0 aromatic rings. The lowest BCUT2D eigenvalue weighted by Gasteiger charge is -2.46. The van der Waals surface area contributed by atoms with Gasteiger partial charge in [0.2, 0.25) is 0 Å². The molecule has 0 bridgehead atoms. The lowest BCUT2D eigenvalue weighted by atomic mass is 9.63. The van der Waals surface area contributed by atoms with Crippen LogP contribution in [-0.2, 0) is 0 Å². The second-order valence-corrected chi connectivity index (χ2v) is 7.45. The standard InChI is InChI=1S/C17H32O/c1-4-5-15-6-8-17(18,9-7-15)16-11-13(2)10-14(3)12-16/h13-16,18H,4-12H2,1-3H3. The van der Waals surface area contributed by atoms with E-state index in [1.54, 1.807) is 0 Å². The van der Waals surface area contributed by atoms with Gasteiger partial charge in [-0.3, -0.25) is 0 Å². The molecule has 1 nitrogen and oxygen atoms in total. The maximum absolute atomic E-state index is 11.0. The summed E-state index contributed by atoms with van der Waals surface area (Å²) in [6, 6.07) is 0. The van der Waals surface area contributed by atoms with E-state index in [2.05, 4.69) is 20.8 Å². The average molecular weight is 252 g/mol. The van der Waals surface area contributed by atoms with Crippen molar-refractivity contribution in [3.05, 3.63) is 0 Å². The summed E-state index contributed by atoms with van der Waals surface area (Å²) in [6.07, 6.45) is 11.2. The number of hydrogen-bond acceptors (Lipinski definition) is 1. The van der Waals surface area contributed by atoms with Gasteiger partial charge in [-0.05, 0) is 68.6 Å². The van der Waals surface area contributed by atoms with Crippen molar-refractivity contribution in [1.82, 2.24) is 0 Å². The fraction of sp³-hybridized carbons (Fsp3) is 1.00. The average Bonchev–Trinajstić information content (AvgIpc) is 2.31. The molecule has 0 aliphatic heterocycles. The van der Waals surface area contributed by atoms with Crippen LogP contribution in [0.4, 0.5) is 0 Å². The SMILES string of the molecule is CCCC1CCC(O)(C2CC(C)CC(C)C2)CC1. The van der Waals surface area contributed by atoms with Crippen LogP contribution in [0.5, 0.6) is 0 Å². The van der Waals surface area contributed by atoms with Gasteiger partial charge in [-0.1, -0.05) is 33.6 Å². The first-order valence-electron chi connectivity index (χ1n) is 8.26. The summed E-state index contributed by atoms with van der Waals surface area (Å²) in [4.78, 5) is 0. The van der Waals surface area contributed by atoms with Crippen LogP contribution in [0.2, 0.25) is 0 Å². The van der Waals surface area contributed by atoms with E-state index < -0.39 is 0 Å². The van der Waals surface area contributed by atoms with E-state index in [1.807, 2.05) is 0 Å². The summed E-state index contributed by atoms with van der Waals surface area (Å²) in [5, 5.41) is 11.0. The van der Waals surface area contributed by atoms with Gasteiger partial charge in [-0.25, -0.2) is 0 Å². The summed E-state index contributed by atoms with van der Waals surface area (Å²) in [7, 11) is 0. The highest BCUT2D eigenvalue weighted by Crippen LogP contribution is 2.46. The molecule has 2 aliphatic rings. The lowest BCUT2D eigenvalue weighted by molar-refractivity contribution is -0.0828. The molecule has 106 valence electrons. The molecule has 2 aliphatic carbocycles. The second kappa shape index (κ2) is 5.94. The van der Waals surface area contributed by atoms with Crippen LogP contribution in [0.3, 0.4) is 0 Å². The molecule has 0 aromatic heterocycles. The van der Waals surface area contributed by atoms with E-state index in [1.165, 1.54) is 44.9 Å². The maximum atomic E-state index is 11.0. The zero-order valence-electron chi connectivity index (χ0n) is 12.6. The number of aliphatic hydroxyl groups is 1. The highest BCUT2D eigenvalue weighted by atomic mass is 16.3. The zero-order valence-corrected chi connectivity index (χ0v) is 12.6. The van der Waals surface area contributed by atoms with Gasteiger partial charge in [0.25, 0.3) is 0 Å². The molecule has 0 spiro atoms. The van der Waals surface area contributed by atoms with Gasteiger partial charge in [0, 0.05) is 0 Å². The van der Waals surface area contributed by atoms with Crippen molar-refractivity contribution in [2.75, 3.05) is 0 Å². The Morgan fingerprint density at radius 1 is 1.00 bits per heavy atom. The van der Waals surface area contributed by atoms with Crippen LogP contribution in [0, 0.1) is 23.7 Å². The second-order valence-electron chi connectivity index (χ2n) is 7.45. The summed E-state index contributed by atoms with van der Waals surface area (Å²) in [5.41, 5.74) is -0.312. The molecular formula is C17H32O. The summed E-state index contributed by atoms with van der Waals surface area (Å²) in [6.45, 7) is 7.02. The normalized spacial score (nSPS) is 46.0. The third kappa shape index (κ3) is 3.29. The molecule has 1 N–H and O–H groups in total. The molecular weight excluding hydrogens is 220 g/mol. The zero-order chi connectivity index (χ0) is 13.2. The van der Waals surface area contributed by atoms with Crippen molar-refractivity contribution in [3.8, 4) is 0 Å². The Kier molecular flexibility index (Phi) is 4.75. The predicted molar refractivity (Wildman–Crippen MR) is 77.5 cm³/mol. The summed E-state index contributed by atoms with van der Waals surface area (Å²) in [5.74, 6) is 3.11. The smallest absolute Gasteiger partial charge is 0.0676 e.